The topological polar surface area (TPSA) is 42.7 Å². The number of nitrogens with zero attached hydrogens (tertiary/aromatic N) is 3. The first-order valence-corrected chi connectivity index (χ1v) is 7.96. The Labute approximate surface area is 128 Å². The summed E-state index contributed by atoms with van der Waals surface area (Å²) in [6.45, 7) is 3.04. The van der Waals surface area contributed by atoms with Crippen LogP contribution in [0.5, 0.6) is 0 Å². The number of para-hydroxylation sites is 1. The zero-order valence-electron chi connectivity index (χ0n) is 11.9. The fourth-order valence-electron chi connectivity index (χ4n) is 2.32. The predicted molar refractivity (Wildman–Crippen MR) is 85.8 cm³/mol. The summed E-state index contributed by atoms with van der Waals surface area (Å²) in [6, 6.07) is 12.5. The van der Waals surface area contributed by atoms with Crippen LogP contribution in [0, 0.1) is 0 Å². The molecule has 3 rings (SSSR count). The minimum absolute atomic E-state index is 0.223. The Morgan fingerprint density at radius 2 is 2.10 bits per heavy atom. The van der Waals surface area contributed by atoms with Gasteiger partial charge in [-0.1, -0.05) is 25.1 Å². The summed E-state index contributed by atoms with van der Waals surface area (Å²) in [5.41, 5.74) is 4.02. The van der Waals surface area contributed by atoms with Gasteiger partial charge >= 0.3 is 0 Å². The van der Waals surface area contributed by atoms with Crippen molar-refractivity contribution in [2.24, 2.45) is 0 Å². The van der Waals surface area contributed by atoms with E-state index >= 15 is 0 Å². The van der Waals surface area contributed by atoms with Gasteiger partial charge in [0.2, 0.25) is 0 Å². The van der Waals surface area contributed by atoms with E-state index in [-0.39, 0.29) is 6.04 Å². The van der Waals surface area contributed by atoms with Gasteiger partial charge in [0.15, 0.2) is 0 Å². The molecule has 0 spiro atoms. The van der Waals surface area contributed by atoms with E-state index in [0.717, 1.165) is 24.3 Å². The molecule has 0 radical (unpaired) electrons. The van der Waals surface area contributed by atoms with Crippen LogP contribution in [-0.4, -0.2) is 21.3 Å². The monoisotopic (exact) mass is 298 g/mol. The first kappa shape index (κ1) is 14.0. The first-order chi connectivity index (χ1) is 10.4. The van der Waals surface area contributed by atoms with E-state index in [2.05, 4.69) is 35.4 Å². The highest BCUT2D eigenvalue weighted by Gasteiger charge is 2.15. The number of rotatable bonds is 6. The van der Waals surface area contributed by atoms with Gasteiger partial charge in [0.1, 0.15) is 0 Å². The Bertz CT molecular complexity index is 661. The van der Waals surface area contributed by atoms with E-state index in [0.29, 0.717) is 0 Å². The molecule has 1 N–H and O–H groups in total. The number of hydrogen-bond donors (Lipinski definition) is 1. The zero-order valence-corrected chi connectivity index (χ0v) is 12.8. The lowest BCUT2D eigenvalue weighted by molar-refractivity contribution is 0.535. The fraction of sp³-hybridized carbons (Fsp3) is 0.250. The SMILES string of the molecule is CCNC(Cc1cncs1)c1ccn(-c2ccccc2)n1. The molecule has 0 aliphatic rings. The van der Waals surface area contributed by atoms with Gasteiger partial charge in [0.05, 0.1) is 22.9 Å². The second-order valence-electron chi connectivity index (χ2n) is 4.80. The maximum Gasteiger partial charge on any atom is 0.0802 e. The molecule has 2 heterocycles. The smallest absolute Gasteiger partial charge is 0.0802 e. The third-order valence-electron chi connectivity index (χ3n) is 3.33. The van der Waals surface area contributed by atoms with Crippen molar-refractivity contribution >= 4 is 11.3 Å². The summed E-state index contributed by atoms with van der Waals surface area (Å²) in [5, 5.41) is 8.22. The van der Waals surface area contributed by atoms with Crippen LogP contribution in [0.15, 0.2) is 54.3 Å². The lowest BCUT2D eigenvalue weighted by Crippen LogP contribution is -2.23. The Balaban J connectivity index is 1.81. The normalized spacial score (nSPS) is 12.4. The van der Waals surface area contributed by atoms with Gasteiger partial charge in [-0.15, -0.1) is 11.3 Å². The van der Waals surface area contributed by atoms with Crippen molar-refractivity contribution in [2.45, 2.75) is 19.4 Å². The van der Waals surface area contributed by atoms with Crippen LogP contribution in [0.4, 0.5) is 0 Å². The molecule has 0 aliphatic carbocycles. The van der Waals surface area contributed by atoms with Crippen LogP contribution < -0.4 is 5.32 Å². The molecule has 0 amide bonds. The van der Waals surface area contributed by atoms with Crippen molar-refractivity contribution in [3.8, 4) is 5.69 Å². The lowest BCUT2D eigenvalue weighted by Gasteiger charge is -2.14. The van der Waals surface area contributed by atoms with E-state index < -0.39 is 0 Å². The van der Waals surface area contributed by atoms with E-state index in [1.807, 2.05) is 40.8 Å². The molecule has 1 aromatic carbocycles. The largest absolute Gasteiger partial charge is 0.309 e. The van der Waals surface area contributed by atoms with Crippen LogP contribution in [0.1, 0.15) is 23.5 Å². The molecule has 21 heavy (non-hydrogen) atoms. The second-order valence-corrected chi connectivity index (χ2v) is 5.77. The molecule has 4 nitrogen and oxygen atoms in total. The van der Waals surface area contributed by atoms with Gasteiger partial charge in [0.25, 0.3) is 0 Å². The van der Waals surface area contributed by atoms with Crippen LogP contribution in [0.3, 0.4) is 0 Å². The third kappa shape index (κ3) is 3.37. The molecule has 0 fully saturated rings. The minimum atomic E-state index is 0.223. The molecule has 0 aliphatic heterocycles. The van der Waals surface area contributed by atoms with E-state index in [1.54, 1.807) is 11.3 Å². The van der Waals surface area contributed by atoms with Crippen LogP contribution in [-0.2, 0) is 6.42 Å². The fourth-order valence-corrected chi connectivity index (χ4v) is 2.96. The van der Waals surface area contributed by atoms with Crippen molar-refractivity contribution in [1.82, 2.24) is 20.1 Å². The van der Waals surface area contributed by atoms with E-state index in [1.165, 1.54) is 4.88 Å². The molecular formula is C16H18N4S. The van der Waals surface area contributed by atoms with Gasteiger partial charge in [-0.25, -0.2) is 4.68 Å². The molecule has 3 aromatic rings. The average molecular weight is 298 g/mol. The van der Waals surface area contributed by atoms with Gasteiger partial charge in [0, 0.05) is 23.7 Å². The highest BCUT2D eigenvalue weighted by Crippen LogP contribution is 2.20. The molecule has 0 saturated carbocycles. The van der Waals surface area contributed by atoms with Crippen molar-refractivity contribution in [1.29, 1.82) is 0 Å². The number of thiazole rings is 1. The quantitative estimate of drug-likeness (QED) is 0.760. The third-order valence-corrected chi connectivity index (χ3v) is 4.13. The second kappa shape index (κ2) is 6.65. The molecule has 1 unspecified atom stereocenters. The standard InChI is InChI=1S/C16H18N4S/c1-2-18-16(10-14-11-17-12-21-14)15-8-9-20(19-15)13-6-4-3-5-7-13/h3-9,11-12,16,18H,2,10H2,1H3. The number of nitrogens with one attached hydrogen (secondary N) is 1. The highest BCUT2D eigenvalue weighted by molar-refractivity contribution is 7.09. The number of benzene rings is 1. The molecule has 1 atom stereocenters. The van der Waals surface area contributed by atoms with Crippen LogP contribution >= 0.6 is 11.3 Å². The zero-order chi connectivity index (χ0) is 14.5. The Morgan fingerprint density at radius 3 is 2.81 bits per heavy atom. The Kier molecular flexibility index (Phi) is 4.43. The number of likely N-dealkylation sites (N-methyl/N-ethyl adjacent to an activating group) is 1. The van der Waals surface area contributed by atoms with E-state index in [4.69, 9.17) is 5.10 Å². The molecule has 108 valence electrons. The van der Waals surface area contributed by atoms with Crippen molar-refractivity contribution < 1.29 is 0 Å². The van der Waals surface area contributed by atoms with Crippen molar-refractivity contribution in [3.05, 3.63) is 64.9 Å². The van der Waals surface area contributed by atoms with Gasteiger partial charge in [-0.05, 0) is 24.7 Å². The van der Waals surface area contributed by atoms with Crippen molar-refractivity contribution in [2.75, 3.05) is 6.54 Å². The maximum absolute atomic E-state index is 4.72. The number of aromatic nitrogens is 3. The molecule has 2 aromatic heterocycles. The molecule has 0 bridgehead atoms. The van der Waals surface area contributed by atoms with Gasteiger partial charge in [-0.2, -0.15) is 5.10 Å². The van der Waals surface area contributed by atoms with Gasteiger partial charge in [-0.3, -0.25) is 4.98 Å². The Hall–Kier alpha value is -1.98. The highest BCUT2D eigenvalue weighted by atomic mass is 32.1. The minimum Gasteiger partial charge on any atom is -0.309 e. The summed E-state index contributed by atoms with van der Waals surface area (Å²) in [7, 11) is 0. The maximum atomic E-state index is 4.72. The molecular weight excluding hydrogens is 280 g/mol. The van der Waals surface area contributed by atoms with Gasteiger partial charge < -0.3 is 5.32 Å². The number of hydrogen-bond acceptors (Lipinski definition) is 4. The van der Waals surface area contributed by atoms with Crippen LogP contribution in [0.2, 0.25) is 0 Å². The summed E-state index contributed by atoms with van der Waals surface area (Å²) < 4.78 is 1.92. The molecule has 0 saturated heterocycles. The van der Waals surface area contributed by atoms with Crippen molar-refractivity contribution in [3.63, 3.8) is 0 Å². The first-order valence-electron chi connectivity index (χ1n) is 7.08. The Morgan fingerprint density at radius 1 is 1.24 bits per heavy atom. The average Bonchev–Trinajstić information content (AvgIpc) is 3.19. The summed E-state index contributed by atoms with van der Waals surface area (Å²) in [5.74, 6) is 0. The molecule has 5 heteroatoms. The summed E-state index contributed by atoms with van der Waals surface area (Å²) >= 11 is 1.69. The van der Waals surface area contributed by atoms with E-state index in [9.17, 15) is 0 Å². The summed E-state index contributed by atoms with van der Waals surface area (Å²) in [4.78, 5) is 5.42. The summed E-state index contributed by atoms with van der Waals surface area (Å²) in [6.07, 6.45) is 4.87. The lowest BCUT2D eigenvalue weighted by atomic mass is 10.1. The predicted octanol–water partition coefficient (Wildman–Crippen LogP) is 3.22. The van der Waals surface area contributed by atoms with Crippen LogP contribution in [0.25, 0.3) is 5.69 Å².